The molecule has 0 fully saturated rings. The van der Waals surface area contributed by atoms with E-state index in [2.05, 4.69) is 32.3 Å². The van der Waals surface area contributed by atoms with Gasteiger partial charge in [0.1, 0.15) is 5.75 Å². The van der Waals surface area contributed by atoms with E-state index in [4.69, 9.17) is 10.5 Å². The molecule has 2 aromatic rings. The highest BCUT2D eigenvalue weighted by atomic mass is 79.9. The summed E-state index contributed by atoms with van der Waals surface area (Å²) in [5.41, 5.74) is 6.84. The summed E-state index contributed by atoms with van der Waals surface area (Å²) < 4.78 is 6.75. The van der Waals surface area contributed by atoms with Gasteiger partial charge in [-0.3, -0.25) is 0 Å². The van der Waals surface area contributed by atoms with Gasteiger partial charge in [0.2, 0.25) is 0 Å². The van der Waals surface area contributed by atoms with Crippen molar-refractivity contribution in [1.29, 1.82) is 0 Å². The van der Waals surface area contributed by atoms with Crippen LogP contribution in [0.25, 0.3) is 0 Å². The quantitative estimate of drug-likeness (QED) is 0.901. The lowest BCUT2D eigenvalue weighted by Gasteiger charge is -2.26. The second-order valence-corrected chi connectivity index (χ2v) is 6.48. The number of anilines is 1. The summed E-state index contributed by atoms with van der Waals surface area (Å²) in [6.07, 6.45) is 2.80. The molecule has 0 radical (unpaired) electrons. The van der Waals surface area contributed by atoms with Crippen LogP contribution in [0.1, 0.15) is 22.9 Å². The first kappa shape index (κ1) is 12.9. The summed E-state index contributed by atoms with van der Waals surface area (Å²) in [7, 11) is 0. The normalized spacial score (nSPS) is 17.8. The number of nitrogens with one attached hydrogen (secondary N) is 1. The molecule has 100 valence electrons. The van der Waals surface area contributed by atoms with Gasteiger partial charge in [-0.1, -0.05) is 15.9 Å². The van der Waals surface area contributed by atoms with Gasteiger partial charge in [0.25, 0.3) is 0 Å². The third-order valence-corrected chi connectivity index (χ3v) is 4.43. The average molecular weight is 340 g/mol. The number of halogens is 1. The fourth-order valence-electron chi connectivity index (χ4n) is 2.21. The molecule has 1 atom stereocenters. The highest BCUT2D eigenvalue weighted by molar-refractivity contribution is 9.10. The van der Waals surface area contributed by atoms with Gasteiger partial charge in [-0.15, -0.1) is 11.3 Å². The molecule has 1 aromatic heterocycles. The number of aromatic nitrogens is 1. The van der Waals surface area contributed by atoms with Gasteiger partial charge in [0, 0.05) is 40.1 Å². The highest BCUT2D eigenvalue weighted by Crippen LogP contribution is 2.34. The van der Waals surface area contributed by atoms with Crippen LogP contribution >= 0.6 is 27.3 Å². The average Bonchev–Trinajstić information content (AvgIpc) is 2.82. The van der Waals surface area contributed by atoms with Crippen LogP contribution in [0, 0.1) is 0 Å². The Morgan fingerprint density at radius 2 is 2.42 bits per heavy atom. The van der Waals surface area contributed by atoms with Crippen molar-refractivity contribution in [2.45, 2.75) is 19.0 Å². The lowest BCUT2D eigenvalue weighted by atomic mass is 10.0. The molecule has 1 unspecified atom stereocenters. The van der Waals surface area contributed by atoms with Crippen molar-refractivity contribution >= 4 is 32.4 Å². The van der Waals surface area contributed by atoms with Gasteiger partial charge in [0.05, 0.1) is 6.61 Å². The van der Waals surface area contributed by atoms with E-state index in [1.165, 1.54) is 16.9 Å². The summed E-state index contributed by atoms with van der Waals surface area (Å²) in [5, 5.41) is 4.17. The number of nitrogen functional groups attached to an aromatic ring is 1. The Labute approximate surface area is 124 Å². The molecule has 2 heterocycles. The molecule has 0 saturated heterocycles. The van der Waals surface area contributed by atoms with Gasteiger partial charge in [0.15, 0.2) is 5.13 Å². The van der Waals surface area contributed by atoms with E-state index in [0.29, 0.717) is 11.2 Å². The number of nitrogens with zero attached hydrogens (tertiary/aromatic N) is 1. The zero-order valence-electron chi connectivity index (χ0n) is 10.2. The van der Waals surface area contributed by atoms with Crippen molar-refractivity contribution in [3.8, 4) is 5.75 Å². The van der Waals surface area contributed by atoms with E-state index < -0.39 is 0 Å². The van der Waals surface area contributed by atoms with E-state index in [1.54, 1.807) is 0 Å². The SMILES string of the molecule is Nc1ncc(CNC2CCOc3ccc(Br)cc32)s1. The Morgan fingerprint density at radius 3 is 3.21 bits per heavy atom. The molecule has 0 bridgehead atoms. The third kappa shape index (κ3) is 2.91. The topological polar surface area (TPSA) is 60.2 Å². The van der Waals surface area contributed by atoms with Gasteiger partial charge >= 0.3 is 0 Å². The van der Waals surface area contributed by atoms with Crippen LogP contribution in [0.2, 0.25) is 0 Å². The summed E-state index contributed by atoms with van der Waals surface area (Å²) in [5.74, 6) is 0.968. The summed E-state index contributed by atoms with van der Waals surface area (Å²) >= 11 is 5.03. The molecule has 6 heteroatoms. The van der Waals surface area contributed by atoms with Gasteiger partial charge < -0.3 is 15.8 Å². The van der Waals surface area contributed by atoms with Crippen LogP contribution in [0.5, 0.6) is 5.75 Å². The monoisotopic (exact) mass is 339 g/mol. The Bertz CT molecular complexity index is 587. The van der Waals surface area contributed by atoms with Crippen LogP contribution in [-0.4, -0.2) is 11.6 Å². The molecule has 1 aliphatic heterocycles. The summed E-state index contributed by atoms with van der Waals surface area (Å²) in [6, 6.07) is 6.44. The number of hydrogen-bond acceptors (Lipinski definition) is 5. The van der Waals surface area contributed by atoms with Crippen LogP contribution in [-0.2, 0) is 6.54 Å². The van der Waals surface area contributed by atoms with Crippen LogP contribution in [0.15, 0.2) is 28.9 Å². The highest BCUT2D eigenvalue weighted by Gasteiger charge is 2.21. The van der Waals surface area contributed by atoms with Crippen molar-refractivity contribution in [3.05, 3.63) is 39.3 Å². The van der Waals surface area contributed by atoms with E-state index in [-0.39, 0.29) is 0 Å². The van der Waals surface area contributed by atoms with Crippen LogP contribution in [0.4, 0.5) is 5.13 Å². The Hall–Kier alpha value is -1.11. The predicted octanol–water partition coefficient (Wildman–Crippen LogP) is 3.10. The zero-order valence-corrected chi connectivity index (χ0v) is 12.6. The Balaban J connectivity index is 1.74. The minimum absolute atomic E-state index is 0.310. The number of ether oxygens (including phenoxy) is 1. The van der Waals surface area contributed by atoms with Gasteiger partial charge in [-0.25, -0.2) is 4.98 Å². The number of thiazole rings is 1. The van der Waals surface area contributed by atoms with Crippen molar-refractivity contribution in [2.24, 2.45) is 0 Å². The third-order valence-electron chi connectivity index (χ3n) is 3.11. The Morgan fingerprint density at radius 1 is 1.53 bits per heavy atom. The molecule has 3 N–H and O–H groups in total. The largest absolute Gasteiger partial charge is 0.493 e. The molecule has 3 rings (SSSR count). The van der Waals surface area contributed by atoms with Crippen LogP contribution < -0.4 is 15.8 Å². The standard InChI is InChI=1S/C13H14BrN3OS/c14-8-1-2-12-10(5-8)11(3-4-18-12)16-6-9-7-17-13(15)19-9/h1-2,5,7,11,16H,3-4,6H2,(H2,15,17). The smallest absolute Gasteiger partial charge is 0.180 e. The molecule has 4 nitrogen and oxygen atoms in total. The molecular formula is C13H14BrN3OS. The number of hydrogen-bond donors (Lipinski definition) is 2. The minimum Gasteiger partial charge on any atom is -0.493 e. The van der Waals surface area contributed by atoms with E-state index in [1.807, 2.05) is 18.3 Å². The molecule has 0 saturated carbocycles. The number of benzene rings is 1. The molecular weight excluding hydrogens is 326 g/mol. The second-order valence-electron chi connectivity index (χ2n) is 4.42. The molecule has 0 spiro atoms. The molecule has 1 aliphatic rings. The number of nitrogens with two attached hydrogens (primary N) is 1. The summed E-state index contributed by atoms with van der Waals surface area (Å²) in [6.45, 7) is 1.53. The predicted molar refractivity (Wildman–Crippen MR) is 80.4 cm³/mol. The van der Waals surface area contributed by atoms with E-state index in [9.17, 15) is 0 Å². The first-order valence-electron chi connectivity index (χ1n) is 6.08. The fraction of sp³-hybridized carbons (Fsp3) is 0.308. The number of rotatable bonds is 3. The first-order valence-corrected chi connectivity index (χ1v) is 7.69. The minimum atomic E-state index is 0.310. The van der Waals surface area contributed by atoms with E-state index >= 15 is 0 Å². The van der Waals surface area contributed by atoms with E-state index in [0.717, 1.165) is 34.7 Å². The zero-order chi connectivity index (χ0) is 13.2. The van der Waals surface area contributed by atoms with Gasteiger partial charge in [-0.2, -0.15) is 0 Å². The van der Waals surface area contributed by atoms with Crippen molar-refractivity contribution in [1.82, 2.24) is 10.3 Å². The molecule has 1 aromatic carbocycles. The molecule has 0 amide bonds. The second kappa shape index (κ2) is 5.48. The van der Waals surface area contributed by atoms with Crippen molar-refractivity contribution < 1.29 is 4.74 Å². The van der Waals surface area contributed by atoms with Crippen molar-refractivity contribution in [3.63, 3.8) is 0 Å². The summed E-state index contributed by atoms with van der Waals surface area (Å²) in [4.78, 5) is 5.22. The fourth-order valence-corrected chi connectivity index (χ4v) is 3.22. The maximum atomic E-state index is 5.67. The molecule has 19 heavy (non-hydrogen) atoms. The lowest BCUT2D eigenvalue weighted by molar-refractivity contribution is 0.252. The van der Waals surface area contributed by atoms with Crippen molar-refractivity contribution in [2.75, 3.05) is 12.3 Å². The maximum absolute atomic E-state index is 5.67. The first-order chi connectivity index (χ1) is 9.22. The number of fused-ring (bicyclic) bond motifs is 1. The van der Waals surface area contributed by atoms with Gasteiger partial charge in [-0.05, 0) is 18.2 Å². The maximum Gasteiger partial charge on any atom is 0.180 e. The molecule has 0 aliphatic carbocycles. The van der Waals surface area contributed by atoms with Crippen LogP contribution in [0.3, 0.4) is 0 Å². The Kier molecular flexibility index (Phi) is 3.72. The lowest BCUT2D eigenvalue weighted by Crippen LogP contribution is -2.26.